The molecular weight excluding hydrogens is 276 g/mol. The van der Waals surface area contributed by atoms with Crippen molar-refractivity contribution in [3.05, 3.63) is 0 Å². The third-order valence-electron chi connectivity index (χ3n) is 3.96. The van der Waals surface area contributed by atoms with Crippen LogP contribution in [-0.4, -0.2) is 57.4 Å². The van der Waals surface area contributed by atoms with Crippen LogP contribution in [0.15, 0.2) is 0 Å². The molecule has 0 aromatic carbocycles. The van der Waals surface area contributed by atoms with Crippen LogP contribution in [0.1, 0.15) is 40.0 Å². The molecule has 0 saturated carbocycles. The Bertz CT molecular complexity index is 359. The van der Waals surface area contributed by atoms with Crippen molar-refractivity contribution in [2.75, 3.05) is 38.6 Å². The zero-order valence-electron chi connectivity index (χ0n) is 13.1. The highest BCUT2D eigenvalue weighted by molar-refractivity contribution is 7.89. The van der Waals surface area contributed by atoms with Gasteiger partial charge in [0, 0.05) is 25.7 Å². The molecular formula is C14H30N2O3S. The van der Waals surface area contributed by atoms with Crippen LogP contribution in [0, 0.1) is 5.92 Å². The highest BCUT2D eigenvalue weighted by atomic mass is 32.2. The monoisotopic (exact) mass is 306 g/mol. The Morgan fingerprint density at radius 2 is 2.05 bits per heavy atom. The number of sulfonamides is 1. The molecule has 5 nitrogen and oxygen atoms in total. The van der Waals surface area contributed by atoms with Crippen LogP contribution in [0.5, 0.6) is 0 Å². The van der Waals surface area contributed by atoms with Gasteiger partial charge in [-0.15, -0.1) is 0 Å². The molecule has 2 atom stereocenters. The van der Waals surface area contributed by atoms with Gasteiger partial charge in [-0.05, 0) is 32.2 Å². The molecule has 1 N–H and O–H groups in total. The SMILES string of the molecule is CCCNC1CCN(S(=O)(=O)CCOCC)CC1CC. The van der Waals surface area contributed by atoms with E-state index < -0.39 is 10.0 Å². The molecule has 0 bridgehead atoms. The average molecular weight is 306 g/mol. The van der Waals surface area contributed by atoms with Gasteiger partial charge in [-0.2, -0.15) is 0 Å². The van der Waals surface area contributed by atoms with E-state index in [1.165, 1.54) is 0 Å². The summed E-state index contributed by atoms with van der Waals surface area (Å²) >= 11 is 0. The first-order chi connectivity index (χ1) is 9.55. The molecule has 1 fully saturated rings. The van der Waals surface area contributed by atoms with Gasteiger partial charge in [0.1, 0.15) is 0 Å². The molecule has 0 aromatic heterocycles. The third kappa shape index (κ3) is 5.31. The number of piperidine rings is 1. The van der Waals surface area contributed by atoms with Crippen molar-refractivity contribution >= 4 is 10.0 Å². The molecule has 0 aliphatic carbocycles. The van der Waals surface area contributed by atoms with Gasteiger partial charge in [0.25, 0.3) is 0 Å². The molecule has 1 aliphatic rings. The summed E-state index contributed by atoms with van der Waals surface area (Å²) in [6.45, 7) is 9.32. The van der Waals surface area contributed by atoms with E-state index >= 15 is 0 Å². The Hall–Kier alpha value is -0.170. The average Bonchev–Trinajstić information content (AvgIpc) is 2.45. The van der Waals surface area contributed by atoms with Crippen molar-refractivity contribution in [2.24, 2.45) is 5.92 Å². The topological polar surface area (TPSA) is 58.6 Å². The molecule has 0 spiro atoms. The summed E-state index contributed by atoms with van der Waals surface area (Å²) in [4.78, 5) is 0. The Balaban J connectivity index is 2.54. The normalized spacial score (nSPS) is 24.9. The van der Waals surface area contributed by atoms with E-state index in [0.717, 1.165) is 25.8 Å². The van der Waals surface area contributed by atoms with E-state index in [9.17, 15) is 8.42 Å². The van der Waals surface area contributed by atoms with Crippen LogP contribution in [0.2, 0.25) is 0 Å². The lowest BCUT2D eigenvalue weighted by atomic mass is 9.91. The molecule has 0 aromatic rings. The van der Waals surface area contributed by atoms with Crippen molar-refractivity contribution in [1.82, 2.24) is 9.62 Å². The summed E-state index contributed by atoms with van der Waals surface area (Å²) in [5.41, 5.74) is 0. The summed E-state index contributed by atoms with van der Waals surface area (Å²) in [7, 11) is -3.16. The maximum Gasteiger partial charge on any atom is 0.216 e. The number of rotatable bonds is 9. The first-order valence-corrected chi connectivity index (χ1v) is 9.45. The molecule has 1 heterocycles. The maximum atomic E-state index is 12.3. The molecule has 20 heavy (non-hydrogen) atoms. The molecule has 0 amide bonds. The van der Waals surface area contributed by atoms with Gasteiger partial charge in [-0.1, -0.05) is 20.3 Å². The van der Waals surface area contributed by atoms with Crippen LogP contribution in [0.25, 0.3) is 0 Å². The van der Waals surface area contributed by atoms with Gasteiger partial charge in [0.2, 0.25) is 10.0 Å². The van der Waals surface area contributed by atoms with Gasteiger partial charge >= 0.3 is 0 Å². The molecule has 120 valence electrons. The standard InChI is InChI=1S/C14H30N2O3S/c1-4-8-15-14-7-9-16(12-13(14)5-2)20(17,18)11-10-19-6-3/h13-15H,4-12H2,1-3H3. The molecule has 6 heteroatoms. The smallest absolute Gasteiger partial charge is 0.216 e. The van der Waals surface area contributed by atoms with E-state index in [0.29, 0.717) is 38.3 Å². The zero-order valence-corrected chi connectivity index (χ0v) is 13.9. The molecule has 1 saturated heterocycles. The van der Waals surface area contributed by atoms with E-state index in [1.54, 1.807) is 4.31 Å². The van der Waals surface area contributed by atoms with Gasteiger partial charge in [0.05, 0.1) is 12.4 Å². The lowest BCUT2D eigenvalue weighted by Crippen LogP contribution is -2.51. The summed E-state index contributed by atoms with van der Waals surface area (Å²) < 4.78 is 31.4. The van der Waals surface area contributed by atoms with Crippen molar-refractivity contribution in [2.45, 2.75) is 46.1 Å². The fourth-order valence-electron chi connectivity index (χ4n) is 2.70. The number of nitrogens with zero attached hydrogens (tertiary/aromatic N) is 1. The largest absolute Gasteiger partial charge is 0.381 e. The number of hydrogen-bond donors (Lipinski definition) is 1. The van der Waals surface area contributed by atoms with Crippen molar-refractivity contribution in [3.8, 4) is 0 Å². The minimum absolute atomic E-state index is 0.102. The number of nitrogens with one attached hydrogen (secondary N) is 1. The Morgan fingerprint density at radius 3 is 2.65 bits per heavy atom. The van der Waals surface area contributed by atoms with Crippen LogP contribution in [0.3, 0.4) is 0 Å². The maximum absolute atomic E-state index is 12.3. The summed E-state index contributed by atoms with van der Waals surface area (Å²) in [6, 6.07) is 0.457. The molecule has 1 aliphatic heterocycles. The van der Waals surface area contributed by atoms with Crippen LogP contribution in [-0.2, 0) is 14.8 Å². The van der Waals surface area contributed by atoms with Gasteiger partial charge in [-0.3, -0.25) is 0 Å². The van der Waals surface area contributed by atoms with E-state index in [1.807, 2.05) is 6.92 Å². The fourth-order valence-corrected chi connectivity index (χ4v) is 4.09. The van der Waals surface area contributed by atoms with E-state index in [4.69, 9.17) is 4.74 Å². The lowest BCUT2D eigenvalue weighted by molar-refractivity contribution is 0.160. The van der Waals surface area contributed by atoms with Crippen molar-refractivity contribution in [3.63, 3.8) is 0 Å². The Labute approximate surface area is 124 Å². The second-order valence-electron chi connectivity index (χ2n) is 5.39. The van der Waals surface area contributed by atoms with Crippen LogP contribution in [0.4, 0.5) is 0 Å². The molecule has 0 radical (unpaired) electrons. The third-order valence-corrected chi connectivity index (χ3v) is 5.76. The Morgan fingerprint density at radius 1 is 1.30 bits per heavy atom. The fraction of sp³-hybridized carbons (Fsp3) is 1.00. The highest BCUT2D eigenvalue weighted by Gasteiger charge is 2.33. The molecule has 1 rings (SSSR count). The zero-order chi connectivity index (χ0) is 15.0. The summed E-state index contributed by atoms with van der Waals surface area (Å²) in [5, 5.41) is 3.55. The van der Waals surface area contributed by atoms with Crippen molar-refractivity contribution in [1.29, 1.82) is 0 Å². The van der Waals surface area contributed by atoms with E-state index in [2.05, 4.69) is 19.2 Å². The first-order valence-electron chi connectivity index (χ1n) is 7.84. The van der Waals surface area contributed by atoms with Gasteiger partial charge in [-0.25, -0.2) is 12.7 Å². The number of ether oxygens (including phenoxy) is 1. The van der Waals surface area contributed by atoms with Crippen LogP contribution >= 0.6 is 0 Å². The second kappa shape index (κ2) is 8.97. The summed E-state index contributed by atoms with van der Waals surface area (Å²) in [6.07, 6.45) is 3.04. The Kier molecular flexibility index (Phi) is 8.02. The first kappa shape index (κ1) is 17.9. The number of hydrogen-bond acceptors (Lipinski definition) is 4. The minimum atomic E-state index is -3.16. The highest BCUT2D eigenvalue weighted by Crippen LogP contribution is 2.22. The summed E-state index contributed by atoms with van der Waals surface area (Å²) in [5.74, 6) is 0.516. The second-order valence-corrected chi connectivity index (χ2v) is 7.48. The van der Waals surface area contributed by atoms with E-state index in [-0.39, 0.29) is 5.75 Å². The predicted octanol–water partition coefficient (Wildman–Crippen LogP) is 1.45. The van der Waals surface area contributed by atoms with Gasteiger partial charge in [0.15, 0.2) is 0 Å². The quantitative estimate of drug-likeness (QED) is 0.655. The lowest BCUT2D eigenvalue weighted by Gasteiger charge is -2.38. The van der Waals surface area contributed by atoms with Crippen LogP contribution < -0.4 is 5.32 Å². The van der Waals surface area contributed by atoms with Crippen molar-refractivity contribution < 1.29 is 13.2 Å². The van der Waals surface area contributed by atoms with Gasteiger partial charge < -0.3 is 10.1 Å². The molecule has 2 unspecified atom stereocenters. The predicted molar refractivity (Wildman–Crippen MR) is 82.3 cm³/mol. The minimum Gasteiger partial charge on any atom is -0.381 e.